The summed E-state index contributed by atoms with van der Waals surface area (Å²) in [6.07, 6.45) is 0.737. The van der Waals surface area contributed by atoms with Crippen molar-refractivity contribution in [1.29, 1.82) is 0 Å². The molecule has 1 aliphatic rings. The van der Waals surface area contributed by atoms with E-state index in [-0.39, 0.29) is 36.4 Å². The number of hydrogen-bond acceptors (Lipinski definition) is 3. The third-order valence-electron chi connectivity index (χ3n) is 4.95. The second kappa shape index (κ2) is 8.53. The maximum Gasteiger partial charge on any atom is 0.220 e. The zero-order chi connectivity index (χ0) is 19.4. The Morgan fingerprint density at radius 2 is 2.00 bits per heavy atom. The molecule has 3 rings (SSSR count). The van der Waals surface area contributed by atoms with Gasteiger partial charge in [0.15, 0.2) is 0 Å². The molecule has 142 valence electrons. The smallest absolute Gasteiger partial charge is 0.220 e. The quantitative estimate of drug-likeness (QED) is 0.815. The Kier molecular flexibility index (Phi) is 6.11. The van der Waals surface area contributed by atoms with Crippen molar-refractivity contribution < 1.29 is 18.7 Å². The number of rotatable bonds is 6. The minimum atomic E-state index is -0.413. The van der Waals surface area contributed by atoms with E-state index in [9.17, 15) is 14.0 Å². The van der Waals surface area contributed by atoms with Gasteiger partial charge in [-0.3, -0.25) is 9.59 Å². The van der Waals surface area contributed by atoms with Gasteiger partial charge in [0, 0.05) is 42.8 Å². The summed E-state index contributed by atoms with van der Waals surface area (Å²) in [5, 5.41) is 3.42. The molecule has 2 atom stereocenters. The van der Waals surface area contributed by atoms with Crippen LogP contribution in [0.3, 0.4) is 0 Å². The lowest BCUT2D eigenvalue weighted by Gasteiger charge is -2.32. The van der Waals surface area contributed by atoms with Crippen LogP contribution in [0, 0.1) is 11.7 Å². The second-order valence-electron chi connectivity index (χ2n) is 6.81. The lowest BCUT2D eigenvalue weighted by molar-refractivity contribution is -0.125. The van der Waals surface area contributed by atoms with Crippen LogP contribution in [0.4, 0.5) is 4.39 Å². The van der Waals surface area contributed by atoms with E-state index in [1.807, 2.05) is 12.1 Å². The van der Waals surface area contributed by atoms with Crippen molar-refractivity contribution in [3.8, 4) is 5.75 Å². The number of piperidine rings is 1. The first-order valence-electron chi connectivity index (χ1n) is 8.82. The van der Waals surface area contributed by atoms with Crippen LogP contribution in [0.1, 0.15) is 29.9 Å². The molecule has 0 aliphatic carbocycles. The fraction of sp³-hybridized carbons (Fsp3) is 0.333. The molecule has 4 nitrogen and oxygen atoms in total. The van der Waals surface area contributed by atoms with Gasteiger partial charge in [-0.2, -0.15) is 0 Å². The zero-order valence-corrected chi connectivity index (χ0v) is 15.8. The fourth-order valence-corrected chi connectivity index (χ4v) is 3.66. The lowest BCUT2D eigenvalue weighted by atomic mass is 9.77. The van der Waals surface area contributed by atoms with Crippen molar-refractivity contribution >= 4 is 23.3 Å². The zero-order valence-electron chi connectivity index (χ0n) is 15.0. The molecule has 0 bridgehead atoms. The van der Waals surface area contributed by atoms with Crippen LogP contribution in [0.15, 0.2) is 42.5 Å². The van der Waals surface area contributed by atoms with Gasteiger partial charge in [0.25, 0.3) is 0 Å². The van der Waals surface area contributed by atoms with Gasteiger partial charge in [-0.15, -0.1) is 0 Å². The van der Waals surface area contributed by atoms with Crippen LogP contribution in [-0.4, -0.2) is 25.3 Å². The summed E-state index contributed by atoms with van der Waals surface area (Å²) in [5.74, 6) is -0.547. The number of carbonyl (C=O) groups excluding carboxylic acids is 2. The Bertz CT molecular complexity index is 838. The van der Waals surface area contributed by atoms with Crippen LogP contribution in [0.5, 0.6) is 5.75 Å². The molecule has 0 spiro atoms. The molecule has 2 aromatic rings. The number of nitrogens with one attached hydrogen (secondary N) is 1. The van der Waals surface area contributed by atoms with Crippen molar-refractivity contribution in [1.82, 2.24) is 5.32 Å². The van der Waals surface area contributed by atoms with Gasteiger partial charge in [0.1, 0.15) is 17.3 Å². The minimum Gasteiger partial charge on any atom is -0.497 e. The molecule has 1 saturated heterocycles. The maximum atomic E-state index is 14.5. The number of benzene rings is 2. The van der Waals surface area contributed by atoms with Crippen LogP contribution in [0.25, 0.3) is 0 Å². The Morgan fingerprint density at radius 3 is 2.67 bits per heavy atom. The van der Waals surface area contributed by atoms with Crippen LogP contribution in [-0.2, 0) is 16.0 Å². The molecule has 2 aromatic carbocycles. The Morgan fingerprint density at radius 1 is 1.26 bits per heavy atom. The fourth-order valence-electron chi connectivity index (χ4n) is 3.53. The van der Waals surface area contributed by atoms with Crippen LogP contribution >= 0.6 is 11.6 Å². The number of amides is 1. The summed E-state index contributed by atoms with van der Waals surface area (Å²) in [6.45, 7) is 0.362. The Hall–Kier alpha value is -2.40. The third-order valence-corrected chi connectivity index (χ3v) is 5.20. The molecule has 2 unspecified atom stereocenters. The predicted octanol–water partition coefficient (Wildman–Crippen LogP) is 3.91. The number of hydrogen-bond donors (Lipinski definition) is 1. The SMILES string of the molecule is COc1ccc(C2CC(=O)NCC2CC(=O)Cc2ccc(Cl)cc2)c(F)c1. The van der Waals surface area contributed by atoms with E-state index in [2.05, 4.69) is 5.32 Å². The molecule has 1 fully saturated rings. The first-order chi connectivity index (χ1) is 13.0. The average Bonchev–Trinajstić information content (AvgIpc) is 2.65. The van der Waals surface area contributed by atoms with Gasteiger partial charge in [-0.1, -0.05) is 29.8 Å². The molecule has 1 N–H and O–H groups in total. The number of methoxy groups -OCH3 is 1. The van der Waals surface area contributed by atoms with Crippen LogP contribution < -0.4 is 10.1 Å². The van der Waals surface area contributed by atoms with Crippen molar-refractivity contribution in [2.24, 2.45) is 5.92 Å². The molecule has 1 heterocycles. The number of carbonyl (C=O) groups is 2. The summed E-state index contributed by atoms with van der Waals surface area (Å²) < 4.78 is 19.6. The molecule has 0 saturated carbocycles. The highest BCUT2D eigenvalue weighted by Crippen LogP contribution is 2.35. The average molecular weight is 390 g/mol. The molecule has 1 amide bonds. The molecular weight excluding hydrogens is 369 g/mol. The number of Topliss-reactive ketones (excluding diaryl/α,β-unsaturated/α-hetero) is 1. The van der Waals surface area contributed by atoms with E-state index in [1.54, 1.807) is 24.3 Å². The summed E-state index contributed by atoms with van der Waals surface area (Å²) in [4.78, 5) is 24.4. The van der Waals surface area contributed by atoms with Crippen molar-refractivity contribution in [2.75, 3.05) is 13.7 Å². The van der Waals surface area contributed by atoms with E-state index >= 15 is 0 Å². The first-order valence-corrected chi connectivity index (χ1v) is 9.20. The monoisotopic (exact) mass is 389 g/mol. The van der Waals surface area contributed by atoms with E-state index in [1.165, 1.54) is 13.2 Å². The number of ether oxygens (including phenoxy) is 1. The molecule has 0 radical (unpaired) electrons. The second-order valence-corrected chi connectivity index (χ2v) is 7.24. The first kappa shape index (κ1) is 19.4. The molecule has 6 heteroatoms. The van der Waals surface area contributed by atoms with Gasteiger partial charge in [-0.05, 0) is 35.2 Å². The Balaban J connectivity index is 1.74. The molecular formula is C21H21ClFNO3. The largest absolute Gasteiger partial charge is 0.497 e. The highest BCUT2D eigenvalue weighted by molar-refractivity contribution is 6.30. The number of ketones is 1. The van der Waals surface area contributed by atoms with E-state index in [4.69, 9.17) is 16.3 Å². The van der Waals surface area contributed by atoms with Crippen molar-refractivity contribution in [3.63, 3.8) is 0 Å². The van der Waals surface area contributed by atoms with Crippen LogP contribution in [0.2, 0.25) is 5.02 Å². The number of halogens is 2. The summed E-state index contributed by atoms with van der Waals surface area (Å²) in [6, 6.07) is 11.8. The molecule has 0 aromatic heterocycles. The normalized spacial score (nSPS) is 19.4. The van der Waals surface area contributed by atoms with Gasteiger partial charge in [-0.25, -0.2) is 4.39 Å². The maximum absolute atomic E-state index is 14.5. The van der Waals surface area contributed by atoms with E-state index in [0.717, 1.165) is 5.56 Å². The highest BCUT2D eigenvalue weighted by atomic mass is 35.5. The summed E-state index contributed by atoms with van der Waals surface area (Å²) in [5.41, 5.74) is 1.34. The third kappa shape index (κ3) is 4.86. The van der Waals surface area contributed by atoms with Crippen molar-refractivity contribution in [2.45, 2.75) is 25.2 Å². The van der Waals surface area contributed by atoms with Gasteiger partial charge >= 0.3 is 0 Å². The lowest BCUT2D eigenvalue weighted by Crippen LogP contribution is -2.41. The predicted molar refractivity (Wildman–Crippen MR) is 102 cm³/mol. The van der Waals surface area contributed by atoms with E-state index < -0.39 is 5.82 Å². The van der Waals surface area contributed by atoms with E-state index in [0.29, 0.717) is 29.3 Å². The minimum absolute atomic E-state index is 0.0531. The summed E-state index contributed by atoms with van der Waals surface area (Å²) in [7, 11) is 1.47. The molecule has 27 heavy (non-hydrogen) atoms. The summed E-state index contributed by atoms with van der Waals surface area (Å²) >= 11 is 5.87. The van der Waals surface area contributed by atoms with Crippen molar-refractivity contribution in [3.05, 3.63) is 64.4 Å². The van der Waals surface area contributed by atoms with Gasteiger partial charge < -0.3 is 10.1 Å². The Labute approximate surface area is 162 Å². The highest BCUT2D eigenvalue weighted by Gasteiger charge is 2.33. The van der Waals surface area contributed by atoms with Gasteiger partial charge in [0.05, 0.1) is 7.11 Å². The standard InChI is InChI=1S/C21H21ClFNO3/c1-27-17-6-7-18(20(23)10-17)19-11-21(26)24-12-14(19)9-16(25)8-13-2-4-15(22)5-3-13/h2-7,10,14,19H,8-9,11-12H2,1H3,(H,24,26). The topological polar surface area (TPSA) is 55.4 Å². The molecule has 1 aliphatic heterocycles. The van der Waals surface area contributed by atoms with Gasteiger partial charge in [0.2, 0.25) is 5.91 Å².